The Labute approximate surface area is 95.2 Å². The van der Waals surface area contributed by atoms with Gasteiger partial charge in [0.25, 0.3) is 5.91 Å². The molecule has 0 saturated carbocycles. The number of aromatic hydroxyl groups is 1. The zero-order valence-corrected chi connectivity index (χ0v) is 9.56. The number of hydrogen-bond donors (Lipinski definition) is 2. The largest absolute Gasteiger partial charge is 0.508 e. The van der Waals surface area contributed by atoms with Gasteiger partial charge in [-0.2, -0.15) is 0 Å². The molecule has 0 aliphatic carbocycles. The van der Waals surface area contributed by atoms with E-state index in [0.717, 1.165) is 0 Å². The second-order valence-electron chi connectivity index (χ2n) is 3.82. The summed E-state index contributed by atoms with van der Waals surface area (Å²) in [5, 5.41) is 11.9. The van der Waals surface area contributed by atoms with Crippen molar-refractivity contribution in [1.82, 2.24) is 5.32 Å². The fourth-order valence-corrected chi connectivity index (χ4v) is 1.33. The zero-order chi connectivity index (χ0) is 12.0. The van der Waals surface area contributed by atoms with Crippen LogP contribution >= 0.6 is 0 Å². The van der Waals surface area contributed by atoms with E-state index >= 15 is 0 Å². The summed E-state index contributed by atoms with van der Waals surface area (Å²) in [6.07, 6.45) is 0. The number of amides is 1. The van der Waals surface area contributed by atoms with E-state index in [-0.39, 0.29) is 17.6 Å². The maximum atomic E-state index is 11.6. The average Bonchev–Trinajstić information content (AvgIpc) is 2.27. The first-order valence-electron chi connectivity index (χ1n) is 5.19. The van der Waals surface area contributed by atoms with E-state index in [2.05, 4.69) is 5.32 Å². The Kier molecular flexibility index (Phi) is 4.79. The fourth-order valence-electron chi connectivity index (χ4n) is 1.33. The van der Waals surface area contributed by atoms with Crippen molar-refractivity contribution in [2.24, 2.45) is 5.92 Å². The highest BCUT2D eigenvalue weighted by Gasteiger charge is 2.07. The van der Waals surface area contributed by atoms with Crippen molar-refractivity contribution >= 4 is 5.91 Å². The van der Waals surface area contributed by atoms with Crippen LogP contribution in [0, 0.1) is 5.92 Å². The van der Waals surface area contributed by atoms with Gasteiger partial charge in [-0.05, 0) is 30.2 Å². The highest BCUT2D eigenvalue weighted by Crippen LogP contribution is 2.09. The number of phenols is 1. The van der Waals surface area contributed by atoms with E-state index in [9.17, 15) is 4.79 Å². The molecule has 2 N–H and O–H groups in total. The molecule has 0 saturated heterocycles. The number of benzene rings is 1. The first-order valence-corrected chi connectivity index (χ1v) is 5.19. The summed E-state index contributed by atoms with van der Waals surface area (Å²) >= 11 is 0. The van der Waals surface area contributed by atoms with Crippen LogP contribution in [-0.2, 0) is 4.74 Å². The van der Waals surface area contributed by atoms with E-state index < -0.39 is 0 Å². The first kappa shape index (κ1) is 12.5. The second-order valence-corrected chi connectivity index (χ2v) is 3.82. The molecule has 1 amide bonds. The number of carbonyl (C=O) groups is 1. The van der Waals surface area contributed by atoms with Crippen molar-refractivity contribution in [3.63, 3.8) is 0 Å². The second kappa shape index (κ2) is 6.12. The van der Waals surface area contributed by atoms with Crippen molar-refractivity contribution in [1.29, 1.82) is 0 Å². The van der Waals surface area contributed by atoms with E-state index in [1.165, 1.54) is 12.1 Å². The number of rotatable bonds is 5. The van der Waals surface area contributed by atoms with Gasteiger partial charge in [0.05, 0.1) is 6.61 Å². The van der Waals surface area contributed by atoms with E-state index in [0.29, 0.717) is 18.7 Å². The third kappa shape index (κ3) is 3.90. The lowest BCUT2D eigenvalue weighted by molar-refractivity contribution is 0.0934. The SMILES string of the molecule is COCC(C)CNC(=O)c1ccc(O)cc1. The summed E-state index contributed by atoms with van der Waals surface area (Å²) in [6.45, 7) is 3.20. The molecule has 1 unspecified atom stereocenters. The van der Waals surface area contributed by atoms with Gasteiger partial charge in [0, 0.05) is 19.2 Å². The summed E-state index contributed by atoms with van der Waals surface area (Å²) in [5.41, 5.74) is 0.544. The van der Waals surface area contributed by atoms with E-state index in [1.54, 1.807) is 19.2 Å². The van der Waals surface area contributed by atoms with Gasteiger partial charge in [0.1, 0.15) is 5.75 Å². The Morgan fingerprint density at radius 1 is 1.44 bits per heavy atom. The van der Waals surface area contributed by atoms with Crippen LogP contribution in [0.15, 0.2) is 24.3 Å². The maximum Gasteiger partial charge on any atom is 0.251 e. The molecule has 4 heteroatoms. The molecular weight excluding hydrogens is 206 g/mol. The summed E-state index contributed by atoms with van der Waals surface area (Å²) in [4.78, 5) is 11.6. The summed E-state index contributed by atoms with van der Waals surface area (Å²) in [7, 11) is 1.64. The molecule has 16 heavy (non-hydrogen) atoms. The quantitative estimate of drug-likeness (QED) is 0.793. The molecule has 0 radical (unpaired) electrons. The molecule has 0 aliphatic rings. The Morgan fingerprint density at radius 3 is 2.62 bits per heavy atom. The third-order valence-corrected chi connectivity index (χ3v) is 2.19. The van der Waals surface area contributed by atoms with Crippen LogP contribution in [0.3, 0.4) is 0 Å². The molecule has 1 aromatic carbocycles. The summed E-state index contributed by atoms with van der Waals surface area (Å²) in [6, 6.07) is 6.16. The summed E-state index contributed by atoms with van der Waals surface area (Å²) < 4.78 is 4.97. The van der Waals surface area contributed by atoms with Crippen LogP contribution in [0.4, 0.5) is 0 Å². The minimum absolute atomic E-state index is 0.136. The van der Waals surface area contributed by atoms with Crippen LogP contribution in [0.5, 0.6) is 5.75 Å². The minimum atomic E-state index is -0.136. The van der Waals surface area contributed by atoms with Gasteiger partial charge in [-0.3, -0.25) is 4.79 Å². The van der Waals surface area contributed by atoms with E-state index in [4.69, 9.17) is 9.84 Å². The molecule has 0 fully saturated rings. The summed E-state index contributed by atoms with van der Waals surface area (Å²) in [5.74, 6) is 0.304. The van der Waals surface area contributed by atoms with Crippen LogP contribution < -0.4 is 5.32 Å². The normalized spacial score (nSPS) is 12.1. The average molecular weight is 223 g/mol. The van der Waals surface area contributed by atoms with Crippen LogP contribution in [-0.4, -0.2) is 31.3 Å². The van der Waals surface area contributed by atoms with Crippen molar-refractivity contribution in [2.45, 2.75) is 6.92 Å². The Hall–Kier alpha value is -1.55. The molecule has 0 spiro atoms. The van der Waals surface area contributed by atoms with Crippen molar-refractivity contribution in [2.75, 3.05) is 20.3 Å². The standard InChI is InChI=1S/C12H17NO3/c1-9(8-16-2)7-13-12(15)10-3-5-11(14)6-4-10/h3-6,9,14H,7-8H2,1-2H3,(H,13,15). The zero-order valence-electron chi connectivity index (χ0n) is 9.56. The van der Waals surface area contributed by atoms with Crippen LogP contribution in [0.2, 0.25) is 0 Å². The number of methoxy groups -OCH3 is 1. The Morgan fingerprint density at radius 2 is 2.06 bits per heavy atom. The van der Waals surface area contributed by atoms with Crippen LogP contribution in [0.1, 0.15) is 17.3 Å². The number of phenolic OH excluding ortho intramolecular Hbond substituents is 1. The van der Waals surface area contributed by atoms with Gasteiger partial charge >= 0.3 is 0 Å². The van der Waals surface area contributed by atoms with Gasteiger partial charge in [0.15, 0.2) is 0 Å². The predicted molar refractivity (Wildman–Crippen MR) is 61.5 cm³/mol. The number of ether oxygens (including phenoxy) is 1. The lowest BCUT2D eigenvalue weighted by Crippen LogP contribution is -2.29. The Balaban J connectivity index is 2.43. The molecule has 0 heterocycles. The number of carbonyl (C=O) groups excluding carboxylic acids is 1. The molecule has 0 aromatic heterocycles. The molecule has 1 rings (SSSR count). The molecule has 4 nitrogen and oxygen atoms in total. The third-order valence-electron chi connectivity index (χ3n) is 2.19. The Bertz CT molecular complexity index is 335. The number of hydrogen-bond acceptors (Lipinski definition) is 3. The monoisotopic (exact) mass is 223 g/mol. The van der Waals surface area contributed by atoms with Gasteiger partial charge in [0.2, 0.25) is 0 Å². The molecule has 1 aromatic rings. The highest BCUT2D eigenvalue weighted by atomic mass is 16.5. The molecular formula is C12H17NO3. The highest BCUT2D eigenvalue weighted by molar-refractivity contribution is 5.94. The molecule has 0 bridgehead atoms. The lowest BCUT2D eigenvalue weighted by Gasteiger charge is -2.11. The first-order chi connectivity index (χ1) is 7.63. The van der Waals surface area contributed by atoms with Gasteiger partial charge in [-0.15, -0.1) is 0 Å². The molecule has 0 aliphatic heterocycles. The molecule has 88 valence electrons. The van der Waals surface area contributed by atoms with Crippen molar-refractivity contribution < 1.29 is 14.6 Å². The topological polar surface area (TPSA) is 58.6 Å². The minimum Gasteiger partial charge on any atom is -0.508 e. The number of nitrogens with one attached hydrogen (secondary N) is 1. The smallest absolute Gasteiger partial charge is 0.251 e. The lowest BCUT2D eigenvalue weighted by atomic mass is 10.1. The van der Waals surface area contributed by atoms with Gasteiger partial charge < -0.3 is 15.2 Å². The van der Waals surface area contributed by atoms with Crippen molar-refractivity contribution in [3.05, 3.63) is 29.8 Å². The van der Waals surface area contributed by atoms with Gasteiger partial charge in [-0.25, -0.2) is 0 Å². The fraction of sp³-hybridized carbons (Fsp3) is 0.417. The maximum absolute atomic E-state index is 11.6. The van der Waals surface area contributed by atoms with E-state index in [1.807, 2.05) is 6.92 Å². The molecule has 1 atom stereocenters. The predicted octanol–water partition coefficient (Wildman–Crippen LogP) is 1.40. The van der Waals surface area contributed by atoms with Gasteiger partial charge in [-0.1, -0.05) is 6.92 Å². The van der Waals surface area contributed by atoms with Crippen molar-refractivity contribution in [3.8, 4) is 5.75 Å². The van der Waals surface area contributed by atoms with Crippen LogP contribution in [0.25, 0.3) is 0 Å².